The minimum absolute atomic E-state index is 0.162. The molecule has 0 spiro atoms. The average Bonchev–Trinajstić information content (AvgIpc) is 2.50. The van der Waals surface area contributed by atoms with Gasteiger partial charge in [-0.25, -0.2) is 0 Å². The van der Waals surface area contributed by atoms with E-state index >= 15 is 0 Å². The van der Waals surface area contributed by atoms with Crippen LogP contribution in [-0.4, -0.2) is 16.0 Å². The Morgan fingerprint density at radius 2 is 2.17 bits per heavy atom. The van der Waals surface area contributed by atoms with Crippen LogP contribution in [0, 0.1) is 5.41 Å². The van der Waals surface area contributed by atoms with Crippen LogP contribution in [0.25, 0.3) is 0 Å². The van der Waals surface area contributed by atoms with Crippen molar-refractivity contribution in [2.75, 3.05) is 0 Å². The van der Waals surface area contributed by atoms with Crippen molar-refractivity contribution in [3.63, 3.8) is 0 Å². The monoisotopic (exact) mass is 165 g/mol. The van der Waals surface area contributed by atoms with E-state index in [1.54, 1.807) is 6.20 Å². The summed E-state index contributed by atoms with van der Waals surface area (Å²) in [7, 11) is 0. The van der Waals surface area contributed by atoms with Gasteiger partial charge < -0.3 is 5.41 Å². The summed E-state index contributed by atoms with van der Waals surface area (Å²) >= 11 is 0. The van der Waals surface area contributed by atoms with Gasteiger partial charge in [0.1, 0.15) is 0 Å². The van der Waals surface area contributed by atoms with Crippen molar-refractivity contribution in [1.82, 2.24) is 9.78 Å². The molecule has 0 saturated heterocycles. The topological polar surface area (TPSA) is 41.7 Å². The van der Waals surface area contributed by atoms with Crippen molar-refractivity contribution >= 4 is 6.21 Å². The number of hydrogen-bond donors (Lipinski definition) is 1. The fourth-order valence-corrected chi connectivity index (χ4v) is 1.20. The largest absolute Gasteiger partial charge is 0.312 e. The van der Waals surface area contributed by atoms with Crippen molar-refractivity contribution in [3.05, 3.63) is 18.0 Å². The number of nitrogens with zero attached hydrogens (tertiary/aromatic N) is 2. The first-order valence-corrected chi connectivity index (χ1v) is 4.20. The molecule has 0 radical (unpaired) electrons. The highest BCUT2D eigenvalue weighted by molar-refractivity contribution is 5.62. The van der Waals surface area contributed by atoms with E-state index in [9.17, 15) is 0 Å². The first-order valence-electron chi connectivity index (χ1n) is 4.20. The van der Waals surface area contributed by atoms with Gasteiger partial charge in [0.15, 0.2) is 0 Å². The van der Waals surface area contributed by atoms with E-state index < -0.39 is 0 Å². The third-order valence-electron chi connectivity index (χ3n) is 1.91. The summed E-state index contributed by atoms with van der Waals surface area (Å²) in [4.78, 5) is 0. The van der Waals surface area contributed by atoms with Gasteiger partial charge in [-0.1, -0.05) is 6.92 Å². The van der Waals surface area contributed by atoms with Crippen LogP contribution in [0.3, 0.4) is 0 Å². The summed E-state index contributed by atoms with van der Waals surface area (Å²) in [5.74, 6) is 0.162. The average molecular weight is 165 g/mol. The lowest BCUT2D eigenvalue weighted by Crippen LogP contribution is -2.10. The molecule has 1 atom stereocenters. The van der Waals surface area contributed by atoms with Crippen LogP contribution in [0.1, 0.15) is 38.4 Å². The van der Waals surface area contributed by atoms with Gasteiger partial charge in [-0.05, 0) is 19.9 Å². The second-order valence-corrected chi connectivity index (χ2v) is 3.25. The maximum absolute atomic E-state index is 7.16. The summed E-state index contributed by atoms with van der Waals surface area (Å²) in [6.07, 6.45) is 3.23. The molecule has 0 aliphatic carbocycles. The van der Waals surface area contributed by atoms with E-state index in [2.05, 4.69) is 18.9 Å². The second kappa shape index (κ2) is 3.52. The summed E-state index contributed by atoms with van der Waals surface area (Å²) in [5, 5.41) is 11.4. The van der Waals surface area contributed by atoms with Gasteiger partial charge in [-0.15, -0.1) is 0 Å². The molecular weight excluding hydrogens is 150 g/mol. The van der Waals surface area contributed by atoms with Crippen LogP contribution in [0.4, 0.5) is 0 Å². The molecule has 1 aromatic rings. The number of hydrogen-bond acceptors (Lipinski definition) is 2. The fraction of sp³-hybridized carbons (Fsp3) is 0.556. The third-order valence-corrected chi connectivity index (χ3v) is 1.91. The number of aromatic nitrogens is 2. The van der Waals surface area contributed by atoms with Crippen LogP contribution < -0.4 is 0 Å². The van der Waals surface area contributed by atoms with Crippen LogP contribution in [0.5, 0.6) is 0 Å². The Bertz CT molecular complexity index is 262. The van der Waals surface area contributed by atoms with E-state index in [1.165, 1.54) is 6.21 Å². The lowest BCUT2D eigenvalue weighted by molar-refractivity contribution is 0.508. The van der Waals surface area contributed by atoms with E-state index in [0.717, 1.165) is 5.69 Å². The quantitative estimate of drug-likeness (QED) is 0.685. The summed E-state index contributed by atoms with van der Waals surface area (Å²) in [5.41, 5.74) is 1.11. The highest BCUT2D eigenvalue weighted by Crippen LogP contribution is 2.15. The van der Waals surface area contributed by atoms with E-state index in [4.69, 9.17) is 5.41 Å². The zero-order valence-corrected chi connectivity index (χ0v) is 7.78. The smallest absolute Gasteiger partial charge is 0.0492 e. The maximum atomic E-state index is 7.16. The SMILES string of the molecule is CC(C=N)c1ccnn1C(C)C. The molecule has 3 nitrogen and oxygen atoms in total. The Hall–Kier alpha value is -1.12. The third kappa shape index (κ3) is 1.55. The van der Waals surface area contributed by atoms with E-state index in [0.29, 0.717) is 6.04 Å². The van der Waals surface area contributed by atoms with Crippen molar-refractivity contribution in [1.29, 1.82) is 5.41 Å². The van der Waals surface area contributed by atoms with Crippen LogP contribution >= 0.6 is 0 Å². The Kier molecular flexibility index (Phi) is 2.63. The van der Waals surface area contributed by atoms with Gasteiger partial charge in [0.25, 0.3) is 0 Å². The van der Waals surface area contributed by atoms with Crippen LogP contribution in [0.15, 0.2) is 12.3 Å². The molecule has 0 bridgehead atoms. The van der Waals surface area contributed by atoms with Crippen molar-refractivity contribution in [3.8, 4) is 0 Å². The van der Waals surface area contributed by atoms with Crippen molar-refractivity contribution < 1.29 is 0 Å². The lowest BCUT2D eigenvalue weighted by Gasteiger charge is -2.12. The first-order chi connectivity index (χ1) is 5.66. The molecule has 1 heterocycles. The van der Waals surface area contributed by atoms with Gasteiger partial charge in [0, 0.05) is 30.1 Å². The highest BCUT2D eigenvalue weighted by Gasteiger charge is 2.10. The molecule has 66 valence electrons. The Morgan fingerprint density at radius 3 is 2.67 bits per heavy atom. The Balaban J connectivity index is 2.98. The van der Waals surface area contributed by atoms with Crippen molar-refractivity contribution in [2.45, 2.75) is 32.7 Å². The molecule has 1 aromatic heterocycles. The first kappa shape index (κ1) is 8.97. The van der Waals surface area contributed by atoms with Gasteiger partial charge in [-0.2, -0.15) is 5.10 Å². The molecular formula is C9H15N3. The predicted octanol–water partition coefficient (Wildman–Crippen LogP) is 2.22. The molecule has 0 aromatic carbocycles. The fourth-order valence-electron chi connectivity index (χ4n) is 1.20. The molecule has 1 unspecified atom stereocenters. The van der Waals surface area contributed by atoms with Crippen LogP contribution in [0.2, 0.25) is 0 Å². The number of rotatable bonds is 3. The molecule has 0 fully saturated rings. The Labute approximate surface area is 72.9 Å². The van der Waals surface area contributed by atoms with Crippen molar-refractivity contribution in [2.24, 2.45) is 0 Å². The van der Waals surface area contributed by atoms with Gasteiger partial charge >= 0.3 is 0 Å². The van der Waals surface area contributed by atoms with Gasteiger partial charge in [0.05, 0.1) is 0 Å². The summed E-state index contributed by atoms with van der Waals surface area (Å²) in [6, 6.07) is 2.34. The molecule has 0 aliphatic rings. The Morgan fingerprint density at radius 1 is 1.50 bits per heavy atom. The molecule has 1 rings (SSSR count). The predicted molar refractivity (Wildman–Crippen MR) is 49.8 cm³/mol. The number of nitrogens with one attached hydrogen (secondary N) is 1. The minimum Gasteiger partial charge on any atom is -0.312 e. The maximum Gasteiger partial charge on any atom is 0.0492 e. The van der Waals surface area contributed by atoms with Gasteiger partial charge in [0.2, 0.25) is 0 Å². The van der Waals surface area contributed by atoms with E-state index in [-0.39, 0.29) is 5.92 Å². The standard InChI is InChI=1S/C9H15N3/c1-7(2)12-9(4-5-11-12)8(3)6-10/h4-8,10H,1-3H3. The molecule has 0 amide bonds. The minimum atomic E-state index is 0.162. The normalized spacial score (nSPS) is 13.3. The molecule has 12 heavy (non-hydrogen) atoms. The molecule has 0 aliphatic heterocycles. The zero-order chi connectivity index (χ0) is 9.14. The summed E-state index contributed by atoms with van der Waals surface area (Å²) < 4.78 is 1.95. The highest BCUT2D eigenvalue weighted by atomic mass is 15.3. The van der Waals surface area contributed by atoms with Gasteiger partial charge in [-0.3, -0.25) is 4.68 Å². The van der Waals surface area contributed by atoms with Crippen LogP contribution in [-0.2, 0) is 0 Å². The molecule has 1 N–H and O–H groups in total. The lowest BCUT2D eigenvalue weighted by atomic mass is 10.1. The second-order valence-electron chi connectivity index (χ2n) is 3.25. The van der Waals surface area contributed by atoms with E-state index in [1.807, 2.05) is 17.7 Å². The molecule has 0 saturated carbocycles. The summed E-state index contributed by atoms with van der Waals surface area (Å²) in [6.45, 7) is 6.18. The zero-order valence-electron chi connectivity index (χ0n) is 7.78. The molecule has 3 heteroatoms.